The molecule has 0 aliphatic heterocycles. The van der Waals surface area contributed by atoms with Crippen LogP contribution < -0.4 is 4.74 Å². The van der Waals surface area contributed by atoms with Crippen LogP contribution in [0.15, 0.2) is 60.9 Å². The number of nitrogens with zero attached hydrogens (tertiary/aromatic N) is 3. The summed E-state index contributed by atoms with van der Waals surface area (Å²) in [7, 11) is 0. The Balaban J connectivity index is 1.55. The summed E-state index contributed by atoms with van der Waals surface area (Å²) in [5.41, 5.74) is 3.84. The normalized spacial score (nSPS) is 27.1. The molecule has 0 amide bonds. The van der Waals surface area contributed by atoms with Crippen LogP contribution in [0.1, 0.15) is 40.0 Å². The number of ether oxygens (including phenoxy) is 1. The Hall–Kier alpha value is -2.75. The van der Waals surface area contributed by atoms with Crippen molar-refractivity contribution in [2.24, 2.45) is 16.7 Å². The highest BCUT2D eigenvalue weighted by atomic mass is 16.5. The van der Waals surface area contributed by atoms with Crippen molar-refractivity contribution in [2.45, 2.75) is 46.1 Å². The molecule has 148 valence electrons. The zero-order valence-electron chi connectivity index (χ0n) is 17.3. The third kappa shape index (κ3) is 2.93. The van der Waals surface area contributed by atoms with E-state index in [1.807, 2.05) is 48.5 Å². The smallest absolute Gasteiger partial charge is 0.124 e. The molecule has 0 aromatic carbocycles. The van der Waals surface area contributed by atoms with Gasteiger partial charge in [0.15, 0.2) is 0 Å². The molecule has 0 radical (unpaired) electrons. The summed E-state index contributed by atoms with van der Waals surface area (Å²) >= 11 is 0. The summed E-state index contributed by atoms with van der Waals surface area (Å²) < 4.78 is 6.68. The van der Waals surface area contributed by atoms with Gasteiger partial charge in [-0.1, -0.05) is 32.9 Å². The van der Waals surface area contributed by atoms with Crippen molar-refractivity contribution in [3.05, 3.63) is 60.9 Å². The van der Waals surface area contributed by atoms with Crippen LogP contribution in [0.25, 0.3) is 22.8 Å². The van der Waals surface area contributed by atoms with Gasteiger partial charge in [0, 0.05) is 29.9 Å². The monoisotopic (exact) mass is 385 g/mol. The molecule has 0 spiro atoms. The molecular formula is C25H27N3O. The van der Waals surface area contributed by atoms with Crippen LogP contribution in [-0.4, -0.2) is 21.1 Å². The molecule has 4 nitrogen and oxygen atoms in total. The van der Waals surface area contributed by atoms with Gasteiger partial charge in [0.25, 0.3) is 0 Å². The first-order chi connectivity index (χ1) is 14.0. The molecule has 0 N–H and O–H groups in total. The molecule has 2 saturated carbocycles. The van der Waals surface area contributed by atoms with Gasteiger partial charge in [-0.15, -0.1) is 0 Å². The van der Waals surface area contributed by atoms with E-state index in [0.717, 1.165) is 40.9 Å². The van der Waals surface area contributed by atoms with Crippen LogP contribution >= 0.6 is 0 Å². The van der Waals surface area contributed by atoms with E-state index in [4.69, 9.17) is 9.72 Å². The van der Waals surface area contributed by atoms with Crippen molar-refractivity contribution >= 4 is 0 Å². The van der Waals surface area contributed by atoms with E-state index in [9.17, 15) is 0 Å². The maximum Gasteiger partial charge on any atom is 0.124 e. The first-order valence-corrected chi connectivity index (χ1v) is 10.5. The van der Waals surface area contributed by atoms with Crippen molar-refractivity contribution in [1.29, 1.82) is 0 Å². The van der Waals surface area contributed by atoms with E-state index in [-0.39, 0.29) is 11.5 Å². The van der Waals surface area contributed by atoms with Crippen molar-refractivity contribution in [1.82, 2.24) is 15.0 Å². The van der Waals surface area contributed by atoms with Crippen LogP contribution in [0.5, 0.6) is 5.75 Å². The van der Waals surface area contributed by atoms with Crippen LogP contribution in [0, 0.1) is 16.7 Å². The summed E-state index contributed by atoms with van der Waals surface area (Å²) in [6.07, 6.45) is 7.50. The van der Waals surface area contributed by atoms with Crippen LogP contribution in [0.2, 0.25) is 0 Å². The standard InChI is InChI=1S/C25H27N3O/c1-24(2)17-10-11-25(24,3)23(14-17)29-18-15-21(19-8-4-6-12-26-19)28-22(16-18)20-9-5-7-13-27-20/h4-9,12-13,15-17,23H,10-11,14H2,1-3H3/t17?,23-,25+/m1/s1. The summed E-state index contributed by atoms with van der Waals surface area (Å²) in [6, 6.07) is 15.8. The van der Waals surface area contributed by atoms with E-state index < -0.39 is 0 Å². The largest absolute Gasteiger partial charge is 0.490 e. The van der Waals surface area contributed by atoms with E-state index in [2.05, 4.69) is 30.7 Å². The molecule has 29 heavy (non-hydrogen) atoms. The minimum atomic E-state index is 0.206. The Labute approximate surface area is 172 Å². The SMILES string of the molecule is CC1(C)C2CC[C@@]1(C)[C@H](Oc1cc(-c3ccccn3)nc(-c3ccccn3)c1)C2. The number of fused-ring (bicyclic) bond motifs is 2. The Morgan fingerprint density at radius 1 is 0.862 bits per heavy atom. The van der Waals surface area contributed by atoms with Crippen molar-refractivity contribution in [2.75, 3.05) is 0 Å². The highest BCUT2D eigenvalue weighted by molar-refractivity contribution is 5.64. The average Bonchev–Trinajstić information content (AvgIpc) is 3.08. The fourth-order valence-electron chi connectivity index (χ4n) is 5.34. The number of aromatic nitrogens is 3. The fourth-order valence-corrected chi connectivity index (χ4v) is 5.34. The number of pyridine rings is 3. The molecule has 4 heteroatoms. The zero-order valence-corrected chi connectivity index (χ0v) is 17.3. The second-order valence-electron chi connectivity index (χ2n) is 9.22. The maximum atomic E-state index is 6.68. The van der Waals surface area contributed by atoms with Crippen LogP contribution in [0.4, 0.5) is 0 Å². The third-order valence-electron chi connectivity index (χ3n) is 7.65. The fraction of sp³-hybridized carbons (Fsp3) is 0.400. The molecular weight excluding hydrogens is 358 g/mol. The lowest BCUT2D eigenvalue weighted by Crippen LogP contribution is -2.38. The van der Waals surface area contributed by atoms with E-state index in [1.165, 1.54) is 12.8 Å². The summed E-state index contributed by atoms with van der Waals surface area (Å²) in [4.78, 5) is 13.8. The molecule has 3 heterocycles. The number of rotatable bonds is 4. The predicted octanol–water partition coefficient (Wildman–Crippen LogP) is 5.80. The Bertz CT molecular complexity index is 961. The molecule has 2 fully saturated rings. The summed E-state index contributed by atoms with van der Waals surface area (Å²) in [6.45, 7) is 7.24. The minimum absolute atomic E-state index is 0.206. The van der Waals surface area contributed by atoms with Gasteiger partial charge >= 0.3 is 0 Å². The molecule has 2 aliphatic carbocycles. The van der Waals surface area contributed by atoms with Crippen molar-refractivity contribution < 1.29 is 4.74 Å². The molecule has 3 aromatic rings. The molecule has 5 rings (SSSR count). The molecule has 2 bridgehead atoms. The van der Waals surface area contributed by atoms with Crippen LogP contribution in [0.3, 0.4) is 0 Å². The van der Waals surface area contributed by atoms with Gasteiger partial charge in [-0.05, 0) is 54.9 Å². The topological polar surface area (TPSA) is 47.9 Å². The van der Waals surface area contributed by atoms with E-state index in [0.29, 0.717) is 5.41 Å². The number of hydrogen-bond acceptors (Lipinski definition) is 4. The van der Waals surface area contributed by atoms with Gasteiger partial charge in [0.05, 0.1) is 22.8 Å². The summed E-state index contributed by atoms with van der Waals surface area (Å²) in [5, 5.41) is 0. The van der Waals surface area contributed by atoms with Gasteiger partial charge in [-0.3, -0.25) is 9.97 Å². The molecule has 3 atom stereocenters. The lowest BCUT2D eigenvalue weighted by molar-refractivity contribution is 0.0302. The second kappa shape index (κ2) is 6.65. The van der Waals surface area contributed by atoms with Gasteiger partial charge in [-0.25, -0.2) is 4.98 Å². The Kier molecular flexibility index (Phi) is 4.19. The van der Waals surface area contributed by atoms with Gasteiger partial charge < -0.3 is 4.74 Å². The Morgan fingerprint density at radius 3 is 1.93 bits per heavy atom. The van der Waals surface area contributed by atoms with E-state index >= 15 is 0 Å². The highest BCUT2D eigenvalue weighted by Gasteiger charge is 2.62. The lowest BCUT2D eigenvalue weighted by Gasteiger charge is -2.39. The first-order valence-electron chi connectivity index (χ1n) is 10.5. The lowest BCUT2D eigenvalue weighted by atomic mass is 9.70. The Morgan fingerprint density at radius 2 is 1.48 bits per heavy atom. The third-order valence-corrected chi connectivity index (χ3v) is 7.65. The van der Waals surface area contributed by atoms with Crippen molar-refractivity contribution in [3.63, 3.8) is 0 Å². The van der Waals surface area contributed by atoms with Gasteiger partial charge in [0.2, 0.25) is 0 Å². The highest BCUT2D eigenvalue weighted by Crippen LogP contribution is 2.66. The van der Waals surface area contributed by atoms with Crippen molar-refractivity contribution in [3.8, 4) is 28.5 Å². The van der Waals surface area contributed by atoms with Gasteiger partial charge in [-0.2, -0.15) is 0 Å². The van der Waals surface area contributed by atoms with Gasteiger partial charge in [0.1, 0.15) is 11.9 Å². The minimum Gasteiger partial charge on any atom is -0.490 e. The quantitative estimate of drug-likeness (QED) is 0.569. The molecule has 2 aliphatic rings. The molecule has 3 aromatic heterocycles. The maximum absolute atomic E-state index is 6.68. The van der Waals surface area contributed by atoms with E-state index in [1.54, 1.807) is 12.4 Å². The predicted molar refractivity (Wildman–Crippen MR) is 114 cm³/mol. The second-order valence-corrected chi connectivity index (χ2v) is 9.22. The zero-order chi connectivity index (χ0) is 20.1. The summed E-state index contributed by atoms with van der Waals surface area (Å²) in [5.74, 6) is 1.60. The van der Waals surface area contributed by atoms with Crippen LogP contribution in [-0.2, 0) is 0 Å². The number of hydrogen-bond donors (Lipinski definition) is 0. The first kappa shape index (κ1) is 18.3. The average molecular weight is 386 g/mol. The molecule has 1 unspecified atom stereocenters. The molecule has 0 saturated heterocycles.